The molecule has 34 heavy (non-hydrogen) atoms. The number of fused-ring (bicyclic) bond motifs is 1. The summed E-state index contributed by atoms with van der Waals surface area (Å²) in [5, 5.41) is 14.9. The predicted octanol–water partition coefficient (Wildman–Crippen LogP) is 3.89. The normalized spacial score (nSPS) is 14.2. The van der Waals surface area contributed by atoms with Crippen LogP contribution in [0, 0.1) is 0 Å². The molecule has 0 aliphatic heterocycles. The van der Waals surface area contributed by atoms with Crippen LogP contribution < -0.4 is 5.73 Å². The number of aromatic amines is 1. The maximum atomic E-state index is 9.78. The van der Waals surface area contributed by atoms with Gasteiger partial charge in [0.1, 0.15) is 17.5 Å². The van der Waals surface area contributed by atoms with Crippen molar-refractivity contribution >= 4 is 17.0 Å². The monoisotopic (exact) mass is 455 g/mol. The molecule has 9 nitrogen and oxygen atoms in total. The summed E-state index contributed by atoms with van der Waals surface area (Å²) < 4.78 is 7.42. The molecule has 0 amide bonds. The largest absolute Gasteiger partial charge is 0.372 e. The van der Waals surface area contributed by atoms with E-state index in [1.807, 2.05) is 55.6 Å². The first-order chi connectivity index (χ1) is 16.4. The van der Waals surface area contributed by atoms with E-state index >= 15 is 0 Å². The smallest absolute Gasteiger partial charge is 0.220 e. The van der Waals surface area contributed by atoms with Crippen LogP contribution in [0.3, 0.4) is 0 Å². The summed E-state index contributed by atoms with van der Waals surface area (Å²) in [6.45, 7) is 3.62. The minimum absolute atomic E-state index is 0.156. The summed E-state index contributed by atoms with van der Waals surface area (Å²) in [6.07, 6.45) is 6.40. The third-order valence-electron chi connectivity index (χ3n) is 6.09. The first-order valence-corrected chi connectivity index (χ1v) is 10.8. The number of nitrogens with one attached hydrogen (secondary N) is 1. The Morgan fingerprint density at radius 3 is 2.62 bits per heavy atom. The number of aromatic nitrogens is 6. The van der Waals surface area contributed by atoms with Crippen molar-refractivity contribution in [2.24, 2.45) is 0 Å². The highest BCUT2D eigenvalue weighted by molar-refractivity contribution is 5.95. The van der Waals surface area contributed by atoms with E-state index in [0.717, 1.165) is 33.3 Å². The molecule has 0 spiro atoms. The number of nitrogen functional groups attached to an aromatic ring is 1. The number of H-pyrrole nitrogens is 1. The molecule has 4 heterocycles. The molecule has 4 N–H and O–H groups in total. The highest BCUT2D eigenvalue weighted by Crippen LogP contribution is 2.35. The van der Waals surface area contributed by atoms with Gasteiger partial charge in [0.15, 0.2) is 0 Å². The van der Waals surface area contributed by atoms with Crippen LogP contribution in [0.2, 0.25) is 0 Å². The van der Waals surface area contributed by atoms with Crippen molar-refractivity contribution in [1.82, 2.24) is 29.7 Å². The van der Waals surface area contributed by atoms with Gasteiger partial charge in [-0.1, -0.05) is 30.3 Å². The molecule has 0 bridgehead atoms. The van der Waals surface area contributed by atoms with E-state index in [1.165, 1.54) is 4.68 Å². The minimum Gasteiger partial charge on any atom is -0.372 e. The van der Waals surface area contributed by atoms with Crippen molar-refractivity contribution in [2.75, 3.05) is 12.8 Å². The summed E-state index contributed by atoms with van der Waals surface area (Å²) in [5.41, 5.74) is 10.9. The van der Waals surface area contributed by atoms with Gasteiger partial charge in [-0.25, -0.2) is 19.6 Å². The Kier molecular flexibility index (Phi) is 5.35. The van der Waals surface area contributed by atoms with Gasteiger partial charge in [0.25, 0.3) is 0 Å². The SMILES string of the molecule is COC(C)(c1ccccc1)c1cc(-c2c[nH]c3ncc(-c4cnn(C(C)O)c4)cc23)nc(N)n1. The first-order valence-electron chi connectivity index (χ1n) is 10.8. The summed E-state index contributed by atoms with van der Waals surface area (Å²) in [7, 11) is 1.65. The van der Waals surface area contributed by atoms with Crippen molar-refractivity contribution in [2.45, 2.75) is 25.7 Å². The number of rotatable bonds is 6. The second-order valence-electron chi connectivity index (χ2n) is 8.26. The van der Waals surface area contributed by atoms with Gasteiger partial charge < -0.3 is 20.6 Å². The molecule has 0 radical (unpaired) electrons. The lowest BCUT2D eigenvalue weighted by atomic mass is 9.91. The first kappa shape index (κ1) is 21.7. The number of nitrogens with two attached hydrogens (primary N) is 1. The number of aliphatic hydroxyl groups excluding tert-OH is 1. The summed E-state index contributed by atoms with van der Waals surface area (Å²) >= 11 is 0. The number of nitrogens with zero attached hydrogens (tertiary/aromatic N) is 5. The predicted molar refractivity (Wildman–Crippen MR) is 130 cm³/mol. The van der Waals surface area contributed by atoms with Crippen molar-refractivity contribution in [3.05, 3.63) is 78.5 Å². The average Bonchev–Trinajstić information content (AvgIpc) is 3.51. The lowest BCUT2D eigenvalue weighted by molar-refractivity contribution is 0.0354. The molecule has 2 unspecified atom stereocenters. The fraction of sp³-hybridized carbons (Fsp3) is 0.200. The summed E-state index contributed by atoms with van der Waals surface area (Å²) in [5.74, 6) is 0.156. The van der Waals surface area contributed by atoms with E-state index in [9.17, 15) is 5.11 Å². The van der Waals surface area contributed by atoms with Gasteiger partial charge in [0, 0.05) is 47.8 Å². The topological polar surface area (TPSA) is 128 Å². The fourth-order valence-electron chi connectivity index (χ4n) is 4.04. The quantitative estimate of drug-likeness (QED) is 0.354. The second-order valence-corrected chi connectivity index (χ2v) is 8.26. The Morgan fingerprint density at radius 1 is 1.12 bits per heavy atom. The van der Waals surface area contributed by atoms with Crippen LogP contribution in [-0.4, -0.2) is 41.9 Å². The fourth-order valence-corrected chi connectivity index (χ4v) is 4.04. The molecule has 0 aliphatic rings. The van der Waals surface area contributed by atoms with Crippen LogP contribution in [0.4, 0.5) is 5.95 Å². The van der Waals surface area contributed by atoms with Gasteiger partial charge in [0.2, 0.25) is 5.95 Å². The summed E-state index contributed by atoms with van der Waals surface area (Å²) in [6, 6.07) is 13.8. The molecule has 0 fully saturated rings. The van der Waals surface area contributed by atoms with Crippen LogP contribution in [0.25, 0.3) is 33.4 Å². The molecule has 5 aromatic rings. The van der Waals surface area contributed by atoms with E-state index in [2.05, 4.69) is 25.0 Å². The van der Waals surface area contributed by atoms with Gasteiger partial charge in [-0.05, 0) is 31.5 Å². The van der Waals surface area contributed by atoms with E-state index in [0.29, 0.717) is 11.4 Å². The molecule has 1 aromatic carbocycles. The maximum absolute atomic E-state index is 9.78. The zero-order valence-corrected chi connectivity index (χ0v) is 19.1. The highest BCUT2D eigenvalue weighted by atomic mass is 16.5. The third kappa shape index (κ3) is 3.70. The van der Waals surface area contributed by atoms with Crippen LogP contribution in [-0.2, 0) is 10.3 Å². The molecule has 2 atom stereocenters. The number of anilines is 1. The average molecular weight is 456 g/mol. The maximum Gasteiger partial charge on any atom is 0.220 e. The van der Waals surface area contributed by atoms with Crippen LogP contribution in [0.15, 0.2) is 67.3 Å². The number of pyridine rings is 1. The molecule has 9 heteroatoms. The number of hydrogen-bond acceptors (Lipinski definition) is 7. The zero-order chi connectivity index (χ0) is 23.9. The lowest BCUT2D eigenvalue weighted by Gasteiger charge is -2.28. The molecule has 172 valence electrons. The molecule has 4 aromatic heterocycles. The van der Waals surface area contributed by atoms with E-state index in [4.69, 9.17) is 10.5 Å². The Balaban J connectivity index is 1.62. The van der Waals surface area contributed by atoms with Crippen molar-refractivity contribution in [1.29, 1.82) is 0 Å². The Bertz CT molecular complexity index is 1460. The Hall–Kier alpha value is -4.08. The van der Waals surface area contributed by atoms with Gasteiger partial charge >= 0.3 is 0 Å². The molecule has 0 saturated heterocycles. The van der Waals surface area contributed by atoms with Crippen LogP contribution in [0.5, 0.6) is 0 Å². The van der Waals surface area contributed by atoms with Crippen molar-refractivity contribution in [3.63, 3.8) is 0 Å². The van der Waals surface area contributed by atoms with Crippen LogP contribution in [0.1, 0.15) is 31.3 Å². The molecule has 0 saturated carbocycles. The highest BCUT2D eigenvalue weighted by Gasteiger charge is 2.31. The Labute approximate surface area is 196 Å². The minimum atomic E-state index is -0.807. The number of ether oxygens (including phenoxy) is 1. The number of benzene rings is 1. The zero-order valence-electron chi connectivity index (χ0n) is 19.1. The second kappa shape index (κ2) is 8.36. The van der Waals surface area contributed by atoms with Crippen molar-refractivity contribution in [3.8, 4) is 22.4 Å². The standard InChI is InChI=1S/C25H25N7O2/c1-15(33)32-14-17(12-29-32)16-9-19-20(13-28-23(19)27-11-16)21-10-22(31-24(26)30-21)25(2,34-3)18-7-5-4-6-8-18/h4-15,33H,1-3H3,(H,27,28)(H2,26,30,31). The number of hydrogen-bond donors (Lipinski definition) is 3. The van der Waals surface area contributed by atoms with E-state index < -0.39 is 11.8 Å². The van der Waals surface area contributed by atoms with E-state index in [1.54, 1.807) is 32.6 Å². The van der Waals surface area contributed by atoms with E-state index in [-0.39, 0.29) is 5.95 Å². The summed E-state index contributed by atoms with van der Waals surface area (Å²) in [4.78, 5) is 16.8. The Morgan fingerprint density at radius 2 is 1.91 bits per heavy atom. The number of methoxy groups -OCH3 is 1. The van der Waals surface area contributed by atoms with Gasteiger partial charge in [-0.3, -0.25) is 0 Å². The molecular formula is C25H25N7O2. The van der Waals surface area contributed by atoms with Gasteiger partial charge in [-0.2, -0.15) is 5.10 Å². The number of aliphatic hydroxyl groups is 1. The molecule has 0 aliphatic carbocycles. The van der Waals surface area contributed by atoms with Gasteiger partial charge in [0.05, 0.1) is 17.6 Å². The molecule has 5 rings (SSSR count). The van der Waals surface area contributed by atoms with Crippen molar-refractivity contribution < 1.29 is 9.84 Å². The lowest BCUT2D eigenvalue weighted by Crippen LogP contribution is -2.28. The third-order valence-corrected chi connectivity index (χ3v) is 6.09. The van der Waals surface area contributed by atoms with Crippen LogP contribution >= 0.6 is 0 Å². The van der Waals surface area contributed by atoms with Gasteiger partial charge in [-0.15, -0.1) is 0 Å². The molecular weight excluding hydrogens is 430 g/mol.